The number of unbranched alkanes of at least 4 members (excludes halogenated alkanes) is 1. The number of carbonyl (C=O) groups is 1. The van der Waals surface area contributed by atoms with Crippen LogP contribution < -0.4 is 0 Å². The molecule has 0 N–H and O–H groups in total. The van der Waals surface area contributed by atoms with Gasteiger partial charge in [0, 0.05) is 12.5 Å². The second-order valence-corrected chi connectivity index (χ2v) is 3.42. The Morgan fingerprint density at radius 1 is 1.69 bits per heavy atom. The third kappa shape index (κ3) is 2.44. The topological polar surface area (TPSA) is 26.3 Å². The predicted octanol–water partition coefficient (Wildman–Crippen LogP) is 2.60. The summed E-state index contributed by atoms with van der Waals surface area (Å²) < 4.78 is 5.27. The number of esters is 1. The van der Waals surface area contributed by atoms with Gasteiger partial charge in [-0.1, -0.05) is 19.4 Å². The lowest BCUT2D eigenvalue weighted by atomic mass is 9.93. The van der Waals surface area contributed by atoms with Gasteiger partial charge in [0.25, 0.3) is 0 Å². The van der Waals surface area contributed by atoms with Crippen LogP contribution in [0.3, 0.4) is 0 Å². The summed E-state index contributed by atoms with van der Waals surface area (Å²) in [6.45, 7) is 5.80. The Bertz CT molecular complexity index is 230. The van der Waals surface area contributed by atoms with E-state index < -0.39 is 0 Å². The van der Waals surface area contributed by atoms with Gasteiger partial charge in [-0.15, -0.1) is 6.58 Å². The number of hydrogen-bond donors (Lipinski definition) is 0. The van der Waals surface area contributed by atoms with Gasteiger partial charge in [-0.2, -0.15) is 0 Å². The lowest BCUT2D eigenvalue weighted by Gasteiger charge is -2.24. The lowest BCUT2D eigenvalue weighted by Crippen LogP contribution is -2.27. The number of carbonyl (C=O) groups excluding carboxylic acids is 1. The van der Waals surface area contributed by atoms with E-state index in [1.807, 2.05) is 6.08 Å². The summed E-state index contributed by atoms with van der Waals surface area (Å²) in [6.07, 6.45) is 8.99. The minimum Gasteiger partial charge on any atom is -0.451 e. The number of rotatable bonds is 5. The van der Waals surface area contributed by atoms with Crippen molar-refractivity contribution in [3.63, 3.8) is 0 Å². The first-order valence-electron chi connectivity index (χ1n) is 4.75. The molecule has 1 rings (SSSR count). The Morgan fingerprint density at radius 3 is 2.92 bits per heavy atom. The Kier molecular flexibility index (Phi) is 3.29. The third-order valence-corrected chi connectivity index (χ3v) is 2.27. The quantitative estimate of drug-likeness (QED) is 0.480. The van der Waals surface area contributed by atoms with Crippen LogP contribution in [0.4, 0.5) is 0 Å². The van der Waals surface area contributed by atoms with Crippen molar-refractivity contribution in [2.24, 2.45) is 0 Å². The predicted molar refractivity (Wildman–Crippen MR) is 52.3 cm³/mol. The van der Waals surface area contributed by atoms with Crippen LogP contribution in [0.2, 0.25) is 0 Å². The van der Waals surface area contributed by atoms with Crippen LogP contribution in [0, 0.1) is 0 Å². The maximum Gasteiger partial charge on any atom is 0.331 e. The van der Waals surface area contributed by atoms with Crippen molar-refractivity contribution in [3.05, 3.63) is 24.8 Å². The highest BCUT2D eigenvalue weighted by atomic mass is 16.6. The fourth-order valence-corrected chi connectivity index (χ4v) is 1.55. The molecule has 2 nitrogen and oxygen atoms in total. The van der Waals surface area contributed by atoms with Crippen molar-refractivity contribution >= 4 is 5.97 Å². The number of ether oxygens (including phenoxy) is 1. The first-order valence-corrected chi connectivity index (χ1v) is 4.75. The molecule has 1 aliphatic heterocycles. The normalized spacial score (nSPS) is 26.1. The molecule has 1 aliphatic rings. The Labute approximate surface area is 79.3 Å². The first-order chi connectivity index (χ1) is 6.22. The average Bonchev–Trinajstić information content (AvgIpc) is 2.46. The number of cyclic esters (lactones) is 1. The second kappa shape index (κ2) is 4.26. The van der Waals surface area contributed by atoms with Gasteiger partial charge < -0.3 is 4.74 Å². The van der Waals surface area contributed by atoms with Crippen molar-refractivity contribution in [3.8, 4) is 0 Å². The molecule has 0 aromatic carbocycles. The van der Waals surface area contributed by atoms with Crippen LogP contribution in [-0.4, -0.2) is 11.6 Å². The van der Waals surface area contributed by atoms with E-state index in [4.69, 9.17) is 4.74 Å². The highest BCUT2D eigenvalue weighted by Gasteiger charge is 2.33. The van der Waals surface area contributed by atoms with Crippen LogP contribution >= 0.6 is 0 Å². The van der Waals surface area contributed by atoms with Gasteiger partial charge in [-0.25, -0.2) is 4.79 Å². The Hall–Kier alpha value is -1.05. The van der Waals surface area contributed by atoms with Crippen molar-refractivity contribution < 1.29 is 9.53 Å². The van der Waals surface area contributed by atoms with Gasteiger partial charge in [0.15, 0.2) is 0 Å². The van der Waals surface area contributed by atoms with Crippen molar-refractivity contribution in [2.45, 2.75) is 38.2 Å². The smallest absolute Gasteiger partial charge is 0.331 e. The Morgan fingerprint density at radius 2 is 2.46 bits per heavy atom. The highest BCUT2D eigenvalue weighted by molar-refractivity contribution is 5.85. The molecule has 1 heterocycles. The summed E-state index contributed by atoms with van der Waals surface area (Å²) in [5, 5.41) is 0. The first kappa shape index (κ1) is 10.0. The summed E-state index contributed by atoms with van der Waals surface area (Å²) in [5.41, 5.74) is -0.380. The zero-order chi connectivity index (χ0) is 9.73. The largest absolute Gasteiger partial charge is 0.451 e. The molecule has 0 fully saturated rings. The van der Waals surface area contributed by atoms with E-state index >= 15 is 0 Å². The molecule has 0 aliphatic carbocycles. The van der Waals surface area contributed by atoms with E-state index in [2.05, 4.69) is 13.5 Å². The van der Waals surface area contributed by atoms with Crippen LogP contribution in [0.25, 0.3) is 0 Å². The molecule has 0 radical (unpaired) electrons. The molecule has 0 bridgehead atoms. The summed E-state index contributed by atoms with van der Waals surface area (Å²) >= 11 is 0. The molecule has 0 saturated carbocycles. The molecule has 1 atom stereocenters. The summed E-state index contributed by atoms with van der Waals surface area (Å²) in [4.78, 5) is 11.0. The Balaban J connectivity index is 2.60. The van der Waals surface area contributed by atoms with E-state index in [0.29, 0.717) is 0 Å². The molecule has 2 heteroatoms. The minimum atomic E-state index is -0.380. The molecule has 0 aromatic rings. The van der Waals surface area contributed by atoms with Crippen LogP contribution in [0.1, 0.15) is 32.6 Å². The third-order valence-electron chi connectivity index (χ3n) is 2.27. The fourth-order valence-electron chi connectivity index (χ4n) is 1.55. The zero-order valence-electron chi connectivity index (χ0n) is 8.08. The summed E-state index contributed by atoms with van der Waals surface area (Å²) in [7, 11) is 0. The average molecular weight is 180 g/mol. The van der Waals surface area contributed by atoms with Crippen LogP contribution in [0.5, 0.6) is 0 Å². The van der Waals surface area contributed by atoms with E-state index in [9.17, 15) is 4.79 Å². The van der Waals surface area contributed by atoms with Gasteiger partial charge in [0.1, 0.15) is 5.60 Å². The van der Waals surface area contributed by atoms with Crippen LogP contribution in [-0.2, 0) is 9.53 Å². The van der Waals surface area contributed by atoms with Gasteiger partial charge in [0.2, 0.25) is 0 Å². The second-order valence-electron chi connectivity index (χ2n) is 3.42. The van der Waals surface area contributed by atoms with E-state index in [0.717, 1.165) is 25.7 Å². The summed E-state index contributed by atoms with van der Waals surface area (Å²) in [6, 6.07) is 0. The highest BCUT2D eigenvalue weighted by Crippen LogP contribution is 2.29. The molecule has 0 unspecified atom stereocenters. The zero-order valence-corrected chi connectivity index (χ0v) is 8.08. The molecular formula is C11H16O2. The van der Waals surface area contributed by atoms with Crippen molar-refractivity contribution in [1.29, 1.82) is 0 Å². The molecule has 13 heavy (non-hydrogen) atoms. The van der Waals surface area contributed by atoms with Gasteiger partial charge in [0.05, 0.1) is 0 Å². The molecule has 0 amide bonds. The van der Waals surface area contributed by atoms with Gasteiger partial charge in [-0.3, -0.25) is 0 Å². The standard InChI is InChI=1S/C11H16O2/c1-3-5-8-11(7-4-2)9-6-10(12)13-11/h4,6,9H,2-3,5,7-8H2,1H3/t11-/m1/s1. The van der Waals surface area contributed by atoms with E-state index in [1.165, 1.54) is 6.08 Å². The van der Waals surface area contributed by atoms with E-state index in [1.54, 1.807) is 6.08 Å². The van der Waals surface area contributed by atoms with Crippen molar-refractivity contribution in [1.82, 2.24) is 0 Å². The minimum absolute atomic E-state index is 0.224. The molecule has 72 valence electrons. The maximum atomic E-state index is 11.0. The molecule has 0 spiro atoms. The van der Waals surface area contributed by atoms with Gasteiger partial charge >= 0.3 is 5.97 Å². The van der Waals surface area contributed by atoms with Crippen molar-refractivity contribution in [2.75, 3.05) is 0 Å². The SMILES string of the molecule is C=CC[C@@]1(CCCC)C=CC(=O)O1. The molecule has 0 saturated heterocycles. The fraction of sp³-hybridized carbons (Fsp3) is 0.545. The molecular weight excluding hydrogens is 164 g/mol. The van der Waals surface area contributed by atoms with E-state index in [-0.39, 0.29) is 11.6 Å². The monoisotopic (exact) mass is 180 g/mol. The molecule has 0 aromatic heterocycles. The number of hydrogen-bond acceptors (Lipinski definition) is 2. The maximum absolute atomic E-state index is 11.0. The lowest BCUT2D eigenvalue weighted by molar-refractivity contribution is -0.145. The van der Waals surface area contributed by atoms with Crippen LogP contribution in [0.15, 0.2) is 24.8 Å². The summed E-state index contributed by atoms with van der Waals surface area (Å²) in [5.74, 6) is -0.224. The van der Waals surface area contributed by atoms with Gasteiger partial charge in [-0.05, 0) is 18.9 Å².